The first-order valence-corrected chi connectivity index (χ1v) is 6.73. The van der Waals surface area contributed by atoms with Crippen LogP contribution < -0.4 is 15.8 Å². The molecule has 0 radical (unpaired) electrons. The Hall–Kier alpha value is -1.27. The van der Waals surface area contributed by atoms with Gasteiger partial charge < -0.3 is 15.2 Å². The molecule has 0 heterocycles. The third kappa shape index (κ3) is 5.94. The maximum Gasteiger partial charge on any atom is 0.412 e. The van der Waals surface area contributed by atoms with Gasteiger partial charge in [0.25, 0.3) is 0 Å². The SMILES string of the molecule is CC(C)(C)OC(=O)Nc1cc(Br)ccc1OCCN. The fraction of sp³-hybridized carbons (Fsp3) is 0.462. The summed E-state index contributed by atoms with van der Waals surface area (Å²) in [5.41, 5.74) is 5.39. The Morgan fingerprint density at radius 2 is 2.11 bits per heavy atom. The summed E-state index contributed by atoms with van der Waals surface area (Å²) in [6.45, 7) is 6.20. The molecule has 19 heavy (non-hydrogen) atoms. The molecule has 106 valence electrons. The molecule has 3 N–H and O–H groups in total. The number of ether oxygens (including phenoxy) is 2. The van der Waals surface area contributed by atoms with Gasteiger partial charge in [0.05, 0.1) is 5.69 Å². The first-order chi connectivity index (χ1) is 8.81. The number of amides is 1. The van der Waals surface area contributed by atoms with Crippen LogP contribution in [-0.4, -0.2) is 24.8 Å². The fourth-order valence-corrected chi connectivity index (χ4v) is 1.67. The molecule has 1 rings (SSSR count). The number of nitrogens with two attached hydrogens (primary N) is 1. The molecular weight excluding hydrogens is 312 g/mol. The minimum Gasteiger partial charge on any atom is -0.490 e. The first-order valence-electron chi connectivity index (χ1n) is 5.94. The highest BCUT2D eigenvalue weighted by molar-refractivity contribution is 9.10. The van der Waals surface area contributed by atoms with Crippen LogP contribution in [0, 0.1) is 0 Å². The van der Waals surface area contributed by atoms with Crippen molar-refractivity contribution in [3.05, 3.63) is 22.7 Å². The van der Waals surface area contributed by atoms with Crippen LogP contribution in [0.1, 0.15) is 20.8 Å². The van der Waals surface area contributed by atoms with E-state index >= 15 is 0 Å². The summed E-state index contributed by atoms with van der Waals surface area (Å²) in [7, 11) is 0. The Morgan fingerprint density at radius 1 is 1.42 bits per heavy atom. The van der Waals surface area contributed by atoms with Crippen molar-refractivity contribution in [2.24, 2.45) is 5.73 Å². The molecule has 0 fully saturated rings. The molecule has 0 aromatic heterocycles. The smallest absolute Gasteiger partial charge is 0.412 e. The van der Waals surface area contributed by atoms with E-state index in [2.05, 4.69) is 21.2 Å². The van der Waals surface area contributed by atoms with E-state index in [0.29, 0.717) is 24.6 Å². The van der Waals surface area contributed by atoms with Gasteiger partial charge in [-0.2, -0.15) is 0 Å². The van der Waals surface area contributed by atoms with Crippen molar-refractivity contribution < 1.29 is 14.3 Å². The van der Waals surface area contributed by atoms with Gasteiger partial charge in [-0.05, 0) is 39.0 Å². The lowest BCUT2D eigenvalue weighted by Crippen LogP contribution is -2.27. The Balaban J connectivity index is 2.80. The molecule has 0 atom stereocenters. The van der Waals surface area contributed by atoms with E-state index in [1.54, 1.807) is 32.9 Å². The molecule has 0 unspecified atom stereocenters. The molecule has 1 aromatic carbocycles. The molecule has 5 nitrogen and oxygen atoms in total. The zero-order chi connectivity index (χ0) is 14.5. The number of benzene rings is 1. The Morgan fingerprint density at radius 3 is 2.68 bits per heavy atom. The van der Waals surface area contributed by atoms with Crippen molar-refractivity contribution in [1.29, 1.82) is 0 Å². The number of hydrogen-bond acceptors (Lipinski definition) is 4. The maximum absolute atomic E-state index is 11.7. The highest BCUT2D eigenvalue weighted by Crippen LogP contribution is 2.28. The van der Waals surface area contributed by atoms with Crippen molar-refractivity contribution in [3.8, 4) is 5.75 Å². The van der Waals surface area contributed by atoms with Crippen LogP contribution >= 0.6 is 15.9 Å². The monoisotopic (exact) mass is 330 g/mol. The van der Waals surface area contributed by atoms with Gasteiger partial charge in [0, 0.05) is 11.0 Å². The minimum atomic E-state index is -0.547. The minimum absolute atomic E-state index is 0.380. The van der Waals surface area contributed by atoms with E-state index in [0.717, 1.165) is 4.47 Å². The van der Waals surface area contributed by atoms with Gasteiger partial charge in [-0.3, -0.25) is 5.32 Å². The Kier molecular flexibility index (Phi) is 5.62. The molecule has 0 aliphatic carbocycles. The Labute approximate surface area is 121 Å². The van der Waals surface area contributed by atoms with Crippen molar-refractivity contribution in [3.63, 3.8) is 0 Å². The van der Waals surface area contributed by atoms with Gasteiger partial charge >= 0.3 is 6.09 Å². The predicted molar refractivity (Wildman–Crippen MR) is 78.5 cm³/mol. The van der Waals surface area contributed by atoms with E-state index in [9.17, 15) is 4.79 Å². The standard InChI is InChI=1S/C13H19BrN2O3/c1-13(2,3)19-12(17)16-10-8-9(14)4-5-11(10)18-7-6-15/h4-5,8H,6-7,15H2,1-3H3,(H,16,17). The summed E-state index contributed by atoms with van der Waals surface area (Å²) in [6, 6.07) is 5.33. The second kappa shape index (κ2) is 6.77. The lowest BCUT2D eigenvalue weighted by molar-refractivity contribution is 0.0635. The quantitative estimate of drug-likeness (QED) is 0.889. The van der Waals surface area contributed by atoms with Gasteiger partial charge in [0.2, 0.25) is 0 Å². The van der Waals surface area contributed by atoms with Gasteiger partial charge in [-0.1, -0.05) is 15.9 Å². The topological polar surface area (TPSA) is 73.6 Å². The largest absolute Gasteiger partial charge is 0.490 e. The average molecular weight is 331 g/mol. The molecule has 1 aromatic rings. The summed E-state index contributed by atoms with van der Waals surface area (Å²) < 4.78 is 11.5. The molecule has 6 heteroatoms. The number of carbonyl (C=O) groups excluding carboxylic acids is 1. The molecule has 0 saturated heterocycles. The normalized spacial score (nSPS) is 11.0. The second-order valence-corrected chi connectivity index (χ2v) is 5.82. The van der Waals surface area contributed by atoms with Crippen LogP contribution in [0.2, 0.25) is 0 Å². The number of carbonyl (C=O) groups is 1. The van der Waals surface area contributed by atoms with E-state index in [-0.39, 0.29) is 0 Å². The summed E-state index contributed by atoms with van der Waals surface area (Å²) >= 11 is 3.34. The van der Waals surface area contributed by atoms with E-state index in [4.69, 9.17) is 15.2 Å². The number of anilines is 1. The lowest BCUT2D eigenvalue weighted by atomic mass is 10.2. The molecule has 0 spiro atoms. The van der Waals surface area contributed by atoms with Crippen LogP contribution in [-0.2, 0) is 4.74 Å². The number of nitrogens with one attached hydrogen (secondary N) is 1. The van der Waals surface area contributed by atoms with E-state index in [1.807, 2.05) is 6.07 Å². The lowest BCUT2D eigenvalue weighted by Gasteiger charge is -2.20. The highest BCUT2D eigenvalue weighted by Gasteiger charge is 2.17. The van der Waals surface area contributed by atoms with E-state index in [1.165, 1.54) is 0 Å². The highest BCUT2D eigenvalue weighted by atomic mass is 79.9. The molecule has 0 aliphatic heterocycles. The Bertz CT molecular complexity index is 444. The summed E-state index contributed by atoms with van der Waals surface area (Å²) in [5.74, 6) is 0.555. The third-order valence-corrected chi connectivity index (χ3v) is 2.45. The van der Waals surface area contributed by atoms with E-state index < -0.39 is 11.7 Å². The van der Waals surface area contributed by atoms with Crippen molar-refractivity contribution >= 4 is 27.7 Å². The summed E-state index contributed by atoms with van der Waals surface area (Å²) in [4.78, 5) is 11.7. The molecule has 0 bridgehead atoms. The zero-order valence-electron chi connectivity index (χ0n) is 11.3. The molecule has 1 amide bonds. The summed E-state index contributed by atoms with van der Waals surface area (Å²) in [6.07, 6.45) is -0.525. The zero-order valence-corrected chi connectivity index (χ0v) is 12.9. The van der Waals surface area contributed by atoms with Crippen LogP contribution in [0.15, 0.2) is 22.7 Å². The van der Waals surface area contributed by atoms with Gasteiger partial charge in [-0.15, -0.1) is 0 Å². The van der Waals surface area contributed by atoms with Crippen LogP contribution in [0.4, 0.5) is 10.5 Å². The molecule has 0 saturated carbocycles. The van der Waals surface area contributed by atoms with Gasteiger partial charge in [-0.25, -0.2) is 4.79 Å². The number of rotatable bonds is 4. The van der Waals surface area contributed by atoms with Gasteiger partial charge in [0.1, 0.15) is 18.0 Å². The number of hydrogen-bond donors (Lipinski definition) is 2. The van der Waals surface area contributed by atoms with Crippen LogP contribution in [0.25, 0.3) is 0 Å². The first kappa shape index (κ1) is 15.8. The average Bonchev–Trinajstić information content (AvgIpc) is 2.25. The molecular formula is C13H19BrN2O3. The van der Waals surface area contributed by atoms with Crippen molar-refractivity contribution in [2.75, 3.05) is 18.5 Å². The third-order valence-electron chi connectivity index (χ3n) is 1.95. The van der Waals surface area contributed by atoms with Crippen LogP contribution in [0.3, 0.4) is 0 Å². The van der Waals surface area contributed by atoms with Crippen LogP contribution in [0.5, 0.6) is 5.75 Å². The van der Waals surface area contributed by atoms with Crippen molar-refractivity contribution in [2.45, 2.75) is 26.4 Å². The number of halogens is 1. The predicted octanol–water partition coefficient (Wildman–Crippen LogP) is 3.13. The second-order valence-electron chi connectivity index (χ2n) is 4.90. The maximum atomic E-state index is 11.7. The fourth-order valence-electron chi connectivity index (χ4n) is 1.31. The van der Waals surface area contributed by atoms with Gasteiger partial charge in [0.15, 0.2) is 0 Å². The summed E-state index contributed by atoms with van der Waals surface area (Å²) in [5, 5.41) is 2.66. The van der Waals surface area contributed by atoms with Crippen molar-refractivity contribution in [1.82, 2.24) is 0 Å². The molecule has 0 aliphatic rings.